The number of aromatic hydroxyl groups is 2. The Morgan fingerprint density at radius 3 is 2.53 bits per heavy atom. The zero-order chi connectivity index (χ0) is 13.6. The summed E-state index contributed by atoms with van der Waals surface area (Å²) in [6.45, 7) is 0. The van der Waals surface area contributed by atoms with Crippen molar-refractivity contribution in [3.8, 4) is 17.2 Å². The molecule has 2 aromatic carbocycles. The molecule has 0 atom stereocenters. The highest BCUT2D eigenvalue weighted by Gasteiger charge is 2.13. The third-order valence-electron chi connectivity index (χ3n) is 3.04. The minimum atomic E-state index is -0.578. The summed E-state index contributed by atoms with van der Waals surface area (Å²) in [4.78, 5) is 11.9. The van der Waals surface area contributed by atoms with Crippen LogP contribution < -0.4 is 10.4 Å². The van der Waals surface area contributed by atoms with Crippen LogP contribution in [0.1, 0.15) is 0 Å². The average molecular weight is 258 g/mol. The number of ether oxygens (including phenoxy) is 1. The maximum atomic E-state index is 11.9. The second kappa shape index (κ2) is 3.91. The van der Waals surface area contributed by atoms with E-state index in [1.165, 1.54) is 13.2 Å². The Morgan fingerprint density at radius 1 is 1.05 bits per heavy atom. The lowest BCUT2D eigenvalue weighted by Crippen LogP contribution is -2.00. The Morgan fingerprint density at radius 2 is 1.79 bits per heavy atom. The molecule has 0 spiro atoms. The number of fused-ring (bicyclic) bond motifs is 3. The van der Waals surface area contributed by atoms with E-state index in [9.17, 15) is 15.0 Å². The monoisotopic (exact) mass is 258 g/mol. The summed E-state index contributed by atoms with van der Waals surface area (Å²) in [7, 11) is 1.53. The van der Waals surface area contributed by atoms with Gasteiger partial charge < -0.3 is 19.4 Å². The van der Waals surface area contributed by atoms with Gasteiger partial charge in [0.15, 0.2) is 11.3 Å². The summed E-state index contributed by atoms with van der Waals surface area (Å²) in [5, 5.41) is 20.7. The van der Waals surface area contributed by atoms with Crippen molar-refractivity contribution in [1.82, 2.24) is 0 Å². The molecule has 0 bridgehead atoms. The van der Waals surface area contributed by atoms with Gasteiger partial charge in [0.1, 0.15) is 5.75 Å². The average Bonchev–Trinajstić information content (AvgIpc) is 2.43. The second-order valence-corrected chi connectivity index (χ2v) is 4.11. The number of benzene rings is 2. The van der Waals surface area contributed by atoms with Crippen LogP contribution in [0.3, 0.4) is 0 Å². The van der Waals surface area contributed by atoms with Gasteiger partial charge in [-0.2, -0.15) is 0 Å². The largest absolute Gasteiger partial charge is 0.504 e. The van der Waals surface area contributed by atoms with Gasteiger partial charge in [-0.1, -0.05) is 0 Å². The predicted molar refractivity (Wildman–Crippen MR) is 69.9 cm³/mol. The molecule has 0 radical (unpaired) electrons. The van der Waals surface area contributed by atoms with E-state index in [1.54, 1.807) is 24.3 Å². The molecule has 19 heavy (non-hydrogen) atoms. The van der Waals surface area contributed by atoms with Gasteiger partial charge in [-0.15, -0.1) is 0 Å². The van der Waals surface area contributed by atoms with Crippen LogP contribution in [0.25, 0.3) is 21.7 Å². The van der Waals surface area contributed by atoms with Gasteiger partial charge in [0.25, 0.3) is 0 Å². The fourth-order valence-corrected chi connectivity index (χ4v) is 2.08. The third-order valence-corrected chi connectivity index (χ3v) is 3.04. The van der Waals surface area contributed by atoms with Crippen molar-refractivity contribution in [2.24, 2.45) is 0 Å². The third kappa shape index (κ3) is 1.59. The first-order chi connectivity index (χ1) is 9.11. The van der Waals surface area contributed by atoms with Crippen molar-refractivity contribution < 1.29 is 19.4 Å². The second-order valence-electron chi connectivity index (χ2n) is 4.11. The van der Waals surface area contributed by atoms with Gasteiger partial charge in [-0.3, -0.25) is 0 Å². The highest BCUT2D eigenvalue weighted by molar-refractivity contribution is 6.06. The Labute approximate surface area is 107 Å². The maximum Gasteiger partial charge on any atom is 0.344 e. The van der Waals surface area contributed by atoms with E-state index in [0.717, 1.165) is 0 Å². The molecular formula is C14H10O5. The van der Waals surface area contributed by atoms with E-state index in [4.69, 9.17) is 9.15 Å². The molecule has 0 saturated carbocycles. The minimum absolute atomic E-state index is 0.0363. The molecular weight excluding hydrogens is 248 g/mol. The van der Waals surface area contributed by atoms with Crippen LogP contribution in [0.2, 0.25) is 0 Å². The van der Waals surface area contributed by atoms with Crippen molar-refractivity contribution in [3.05, 3.63) is 40.8 Å². The smallest absolute Gasteiger partial charge is 0.344 e. The number of hydrogen-bond acceptors (Lipinski definition) is 5. The maximum absolute atomic E-state index is 11.9. The van der Waals surface area contributed by atoms with Crippen LogP contribution in [0.5, 0.6) is 17.2 Å². The van der Waals surface area contributed by atoms with Gasteiger partial charge in [0.2, 0.25) is 5.75 Å². The Bertz CT molecular complexity index is 848. The topological polar surface area (TPSA) is 79.9 Å². The summed E-state index contributed by atoms with van der Waals surface area (Å²) in [5.41, 5.74) is -0.614. The van der Waals surface area contributed by atoms with Crippen LogP contribution in [0, 0.1) is 0 Å². The number of rotatable bonds is 1. The van der Waals surface area contributed by atoms with Crippen LogP contribution in [-0.4, -0.2) is 17.3 Å². The van der Waals surface area contributed by atoms with Crippen molar-refractivity contribution in [2.75, 3.05) is 7.11 Å². The fourth-order valence-electron chi connectivity index (χ4n) is 2.08. The molecule has 0 aliphatic rings. The van der Waals surface area contributed by atoms with Crippen LogP contribution >= 0.6 is 0 Å². The van der Waals surface area contributed by atoms with Crippen molar-refractivity contribution in [2.45, 2.75) is 0 Å². The highest BCUT2D eigenvalue weighted by atomic mass is 16.5. The van der Waals surface area contributed by atoms with Crippen LogP contribution in [0.15, 0.2) is 39.5 Å². The van der Waals surface area contributed by atoms with Crippen molar-refractivity contribution in [3.63, 3.8) is 0 Å². The van der Waals surface area contributed by atoms with E-state index in [0.29, 0.717) is 21.9 Å². The molecule has 1 heterocycles. The molecule has 3 rings (SSSR count). The zero-order valence-corrected chi connectivity index (χ0v) is 10.0. The predicted octanol–water partition coefficient (Wildman–Crippen LogP) is 2.37. The lowest BCUT2D eigenvalue weighted by molar-refractivity contribution is 0.398. The molecule has 0 saturated heterocycles. The van der Waals surface area contributed by atoms with E-state index >= 15 is 0 Å². The first-order valence-electron chi connectivity index (χ1n) is 5.57. The molecule has 5 heteroatoms. The zero-order valence-electron chi connectivity index (χ0n) is 10.0. The Kier molecular flexibility index (Phi) is 2.35. The first kappa shape index (κ1) is 11.4. The molecule has 0 unspecified atom stereocenters. The molecule has 3 aromatic rings. The number of phenols is 2. The quantitative estimate of drug-likeness (QED) is 0.398. The lowest BCUT2D eigenvalue weighted by Gasteiger charge is -2.06. The normalized spacial score (nSPS) is 11.0. The van der Waals surface area contributed by atoms with Gasteiger partial charge in [-0.05, 0) is 30.3 Å². The van der Waals surface area contributed by atoms with E-state index < -0.39 is 11.4 Å². The highest BCUT2D eigenvalue weighted by Crippen LogP contribution is 2.36. The van der Waals surface area contributed by atoms with E-state index in [-0.39, 0.29) is 11.3 Å². The summed E-state index contributed by atoms with van der Waals surface area (Å²) in [5.74, 6) is -0.191. The van der Waals surface area contributed by atoms with Gasteiger partial charge in [-0.25, -0.2) is 4.79 Å². The molecule has 0 aliphatic carbocycles. The molecule has 0 amide bonds. The van der Waals surface area contributed by atoms with Gasteiger partial charge >= 0.3 is 5.63 Å². The molecule has 0 fully saturated rings. The molecule has 0 aliphatic heterocycles. The van der Waals surface area contributed by atoms with Crippen LogP contribution in [0.4, 0.5) is 0 Å². The molecule has 5 nitrogen and oxygen atoms in total. The Hall–Kier alpha value is -2.69. The van der Waals surface area contributed by atoms with Crippen molar-refractivity contribution in [1.29, 1.82) is 0 Å². The molecule has 1 aromatic heterocycles. The first-order valence-corrected chi connectivity index (χ1v) is 5.57. The fraction of sp³-hybridized carbons (Fsp3) is 0.0714. The van der Waals surface area contributed by atoms with Crippen molar-refractivity contribution >= 4 is 21.7 Å². The summed E-state index contributed by atoms with van der Waals surface area (Å²) in [6.07, 6.45) is 0. The summed E-state index contributed by atoms with van der Waals surface area (Å²) < 4.78 is 10.2. The SMILES string of the molecule is COc1ccc2c(=O)oc3c(O)c(O)ccc3c2c1. The number of methoxy groups -OCH3 is 1. The van der Waals surface area contributed by atoms with Crippen LogP contribution in [-0.2, 0) is 0 Å². The number of hydrogen-bond donors (Lipinski definition) is 2. The Balaban J connectivity index is 2.58. The molecule has 96 valence electrons. The number of phenolic OH excluding ortho intramolecular Hbond substituents is 2. The summed E-state index contributed by atoms with van der Waals surface area (Å²) in [6, 6.07) is 7.87. The van der Waals surface area contributed by atoms with E-state index in [2.05, 4.69) is 0 Å². The molecule has 2 N–H and O–H groups in total. The van der Waals surface area contributed by atoms with Gasteiger partial charge in [0, 0.05) is 10.8 Å². The summed E-state index contributed by atoms with van der Waals surface area (Å²) >= 11 is 0. The van der Waals surface area contributed by atoms with E-state index in [1.807, 2.05) is 0 Å². The standard InChI is InChI=1S/C14H10O5/c1-18-7-2-3-9-10(6-7)8-4-5-11(15)12(16)13(8)19-14(9)17/h2-6,15-16H,1H3. The minimum Gasteiger partial charge on any atom is -0.504 e. The lowest BCUT2D eigenvalue weighted by atomic mass is 10.1. The van der Waals surface area contributed by atoms with Gasteiger partial charge in [0.05, 0.1) is 12.5 Å².